The van der Waals surface area contributed by atoms with Crippen LogP contribution in [0.4, 0.5) is 0 Å². The molecule has 3 heteroatoms. The second-order valence-electron chi connectivity index (χ2n) is 4.11. The second kappa shape index (κ2) is 5.94. The fraction of sp³-hybridized carbons (Fsp3) is 0.357. The Morgan fingerprint density at radius 1 is 1.29 bits per heavy atom. The topological polar surface area (TPSA) is 24.9 Å². The minimum absolute atomic E-state index is 0.343. The highest BCUT2D eigenvalue weighted by molar-refractivity contribution is 7.11. The predicted octanol–water partition coefficient (Wildman–Crippen LogP) is 3.56. The van der Waals surface area contributed by atoms with Crippen LogP contribution in [0.15, 0.2) is 36.7 Å². The monoisotopic (exact) mass is 246 g/mol. The highest BCUT2D eigenvalue weighted by Gasteiger charge is 2.05. The Labute approximate surface area is 107 Å². The molecule has 2 rings (SSSR count). The Hall–Kier alpha value is -1.19. The number of nitrogens with zero attached hydrogens (tertiary/aromatic N) is 1. The summed E-state index contributed by atoms with van der Waals surface area (Å²) < 4.78 is 0. The number of aryl methyl sites for hydroxylation is 1. The Morgan fingerprint density at radius 3 is 2.76 bits per heavy atom. The lowest BCUT2D eigenvalue weighted by Crippen LogP contribution is -2.17. The van der Waals surface area contributed by atoms with Gasteiger partial charge in [-0.15, -0.1) is 11.3 Å². The van der Waals surface area contributed by atoms with Crippen LogP contribution in [0.5, 0.6) is 0 Å². The molecule has 17 heavy (non-hydrogen) atoms. The number of pyridine rings is 1. The summed E-state index contributed by atoms with van der Waals surface area (Å²) in [7, 11) is 0. The molecular weight excluding hydrogens is 228 g/mol. The zero-order chi connectivity index (χ0) is 12.1. The fourth-order valence-corrected chi connectivity index (χ4v) is 2.62. The predicted molar refractivity (Wildman–Crippen MR) is 73.2 cm³/mol. The van der Waals surface area contributed by atoms with E-state index in [1.54, 1.807) is 0 Å². The SMILES string of the molecule is CCc1ccc(CN[C@@H](C)c2cccnc2)s1. The number of thiophene rings is 1. The lowest BCUT2D eigenvalue weighted by Gasteiger charge is -2.12. The van der Waals surface area contributed by atoms with Gasteiger partial charge in [-0.1, -0.05) is 13.0 Å². The molecule has 2 nitrogen and oxygen atoms in total. The molecule has 0 radical (unpaired) electrons. The first kappa shape index (κ1) is 12.3. The molecule has 0 aliphatic heterocycles. The summed E-state index contributed by atoms with van der Waals surface area (Å²) in [5, 5.41) is 3.52. The van der Waals surface area contributed by atoms with Crippen molar-refractivity contribution >= 4 is 11.3 Å². The van der Waals surface area contributed by atoms with Crippen molar-refractivity contribution < 1.29 is 0 Å². The van der Waals surface area contributed by atoms with Gasteiger partial charge in [0.15, 0.2) is 0 Å². The van der Waals surface area contributed by atoms with Gasteiger partial charge in [0, 0.05) is 34.7 Å². The van der Waals surface area contributed by atoms with Crippen LogP contribution < -0.4 is 5.32 Å². The number of nitrogens with one attached hydrogen (secondary N) is 1. The number of aromatic nitrogens is 1. The molecular formula is C14H18N2S. The third kappa shape index (κ3) is 3.38. The second-order valence-corrected chi connectivity index (χ2v) is 5.36. The van der Waals surface area contributed by atoms with Crippen LogP contribution in [0.3, 0.4) is 0 Å². The summed E-state index contributed by atoms with van der Waals surface area (Å²) in [5.74, 6) is 0. The van der Waals surface area contributed by atoms with E-state index in [2.05, 4.69) is 42.3 Å². The number of rotatable bonds is 5. The molecule has 0 aromatic carbocycles. The molecule has 0 spiro atoms. The van der Waals surface area contributed by atoms with Crippen LogP contribution >= 0.6 is 11.3 Å². The lowest BCUT2D eigenvalue weighted by atomic mass is 10.1. The summed E-state index contributed by atoms with van der Waals surface area (Å²) in [6.45, 7) is 5.30. The van der Waals surface area contributed by atoms with E-state index < -0.39 is 0 Å². The van der Waals surface area contributed by atoms with Crippen LogP contribution in [0.1, 0.15) is 35.2 Å². The van der Waals surface area contributed by atoms with Crippen molar-refractivity contribution in [3.63, 3.8) is 0 Å². The van der Waals surface area contributed by atoms with Gasteiger partial charge in [-0.05, 0) is 37.1 Å². The van der Waals surface area contributed by atoms with E-state index in [-0.39, 0.29) is 0 Å². The molecule has 0 saturated carbocycles. The summed E-state index contributed by atoms with van der Waals surface area (Å²) >= 11 is 1.89. The maximum atomic E-state index is 4.14. The molecule has 1 N–H and O–H groups in total. The quantitative estimate of drug-likeness (QED) is 0.872. The molecule has 2 aromatic heterocycles. The van der Waals surface area contributed by atoms with Crippen LogP contribution in [0.25, 0.3) is 0 Å². The minimum Gasteiger partial charge on any atom is -0.305 e. The van der Waals surface area contributed by atoms with Gasteiger partial charge in [0.25, 0.3) is 0 Å². The van der Waals surface area contributed by atoms with Gasteiger partial charge in [0.05, 0.1) is 0 Å². The average Bonchev–Trinajstić information content (AvgIpc) is 2.85. The normalized spacial score (nSPS) is 12.6. The Kier molecular flexibility index (Phi) is 4.29. The van der Waals surface area contributed by atoms with E-state index in [9.17, 15) is 0 Å². The maximum absolute atomic E-state index is 4.14. The smallest absolute Gasteiger partial charge is 0.0315 e. The highest BCUT2D eigenvalue weighted by atomic mass is 32.1. The Morgan fingerprint density at radius 2 is 2.12 bits per heavy atom. The summed E-state index contributed by atoms with van der Waals surface area (Å²) in [6.07, 6.45) is 4.86. The third-order valence-electron chi connectivity index (χ3n) is 2.83. The zero-order valence-corrected chi connectivity index (χ0v) is 11.1. The van der Waals surface area contributed by atoms with Crippen LogP contribution in [-0.2, 0) is 13.0 Å². The Balaban J connectivity index is 1.90. The molecule has 2 heterocycles. The van der Waals surface area contributed by atoms with E-state index in [1.807, 2.05) is 29.8 Å². The van der Waals surface area contributed by atoms with Gasteiger partial charge >= 0.3 is 0 Å². The summed E-state index contributed by atoms with van der Waals surface area (Å²) in [6, 6.07) is 8.86. The standard InChI is InChI=1S/C14H18N2S/c1-3-13-6-7-14(17-13)10-16-11(2)12-5-4-8-15-9-12/h4-9,11,16H,3,10H2,1-2H3/t11-/m0/s1. The van der Waals surface area contributed by atoms with Crippen LogP contribution in [0.2, 0.25) is 0 Å². The first-order chi connectivity index (χ1) is 8.29. The molecule has 90 valence electrons. The van der Waals surface area contributed by atoms with Gasteiger partial charge in [0.2, 0.25) is 0 Å². The van der Waals surface area contributed by atoms with Crippen molar-refractivity contribution in [2.45, 2.75) is 32.9 Å². The van der Waals surface area contributed by atoms with Crippen molar-refractivity contribution in [2.24, 2.45) is 0 Å². The first-order valence-electron chi connectivity index (χ1n) is 6.00. The highest BCUT2D eigenvalue weighted by Crippen LogP contribution is 2.18. The third-order valence-corrected chi connectivity index (χ3v) is 4.06. The zero-order valence-electron chi connectivity index (χ0n) is 10.3. The summed E-state index contributed by atoms with van der Waals surface area (Å²) in [5.41, 5.74) is 1.24. The van der Waals surface area contributed by atoms with E-state index in [0.29, 0.717) is 6.04 Å². The van der Waals surface area contributed by atoms with Gasteiger partial charge in [-0.3, -0.25) is 4.98 Å². The van der Waals surface area contributed by atoms with E-state index in [1.165, 1.54) is 15.3 Å². The molecule has 0 saturated heterocycles. The van der Waals surface area contributed by atoms with Gasteiger partial charge in [-0.25, -0.2) is 0 Å². The molecule has 1 atom stereocenters. The van der Waals surface area contributed by atoms with Gasteiger partial charge in [0.1, 0.15) is 0 Å². The number of hydrogen-bond donors (Lipinski definition) is 1. The fourth-order valence-electron chi connectivity index (χ4n) is 1.71. The molecule has 0 aliphatic carbocycles. The average molecular weight is 246 g/mol. The van der Waals surface area contributed by atoms with Crippen molar-refractivity contribution in [3.05, 3.63) is 52.0 Å². The molecule has 0 amide bonds. The molecule has 0 aliphatic rings. The van der Waals surface area contributed by atoms with Gasteiger partial charge in [-0.2, -0.15) is 0 Å². The van der Waals surface area contributed by atoms with E-state index >= 15 is 0 Å². The molecule has 0 fully saturated rings. The van der Waals surface area contributed by atoms with Crippen molar-refractivity contribution in [1.82, 2.24) is 10.3 Å². The molecule has 2 aromatic rings. The van der Waals surface area contributed by atoms with Gasteiger partial charge < -0.3 is 5.32 Å². The maximum Gasteiger partial charge on any atom is 0.0315 e. The van der Waals surface area contributed by atoms with E-state index in [0.717, 1.165) is 13.0 Å². The Bertz CT molecular complexity index is 450. The van der Waals surface area contributed by atoms with Crippen molar-refractivity contribution in [2.75, 3.05) is 0 Å². The number of hydrogen-bond acceptors (Lipinski definition) is 3. The lowest BCUT2D eigenvalue weighted by molar-refractivity contribution is 0.577. The van der Waals surface area contributed by atoms with E-state index in [4.69, 9.17) is 0 Å². The first-order valence-corrected chi connectivity index (χ1v) is 6.82. The summed E-state index contributed by atoms with van der Waals surface area (Å²) in [4.78, 5) is 7.00. The minimum atomic E-state index is 0.343. The molecule has 0 bridgehead atoms. The largest absolute Gasteiger partial charge is 0.305 e. The molecule has 0 unspecified atom stereocenters. The van der Waals surface area contributed by atoms with Crippen molar-refractivity contribution in [3.8, 4) is 0 Å². The van der Waals surface area contributed by atoms with Crippen LogP contribution in [-0.4, -0.2) is 4.98 Å². The van der Waals surface area contributed by atoms with Crippen molar-refractivity contribution in [1.29, 1.82) is 0 Å². The van der Waals surface area contributed by atoms with Crippen LogP contribution in [0, 0.1) is 0 Å².